The van der Waals surface area contributed by atoms with E-state index in [0.717, 1.165) is 37.7 Å². The predicted molar refractivity (Wildman–Crippen MR) is 70.4 cm³/mol. The Morgan fingerprint density at radius 3 is 3.00 bits per heavy atom. The van der Waals surface area contributed by atoms with Crippen molar-refractivity contribution in [2.24, 2.45) is 12.8 Å². The molecule has 3 rings (SSSR count). The fraction of sp³-hybridized carbons (Fsp3) is 0.667. The summed E-state index contributed by atoms with van der Waals surface area (Å²) in [5.41, 5.74) is 7.72. The summed E-state index contributed by atoms with van der Waals surface area (Å²) >= 11 is 0. The molecule has 0 bridgehead atoms. The highest BCUT2D eigenvalue weighted by atomic mass is 35.5. The van der Waals surface area contributed by atoms with E-state index in [1.165, 1.54) is 5.69 Å². The molecule has 18 heavy (non-hydrogen) atoms. The molecule has 1 heterocycles. The van der Waals surface area contributed by atoms with Crippen LogP contribution in [0, 0.1) is 0 Å². The first-order chi connectivity index (χ1) is 8.10. The number of aromatic nitrogens is 2. The number of carbonyl (C=O) groups excluding carboxylic acids is 1. The lowest BCUT2D eigenvalue weighted by atomic mass is 9.92. The maximum atomic E-state index is 11.9. The molecule has 0 aromatic carbocycles. The van der Waals surface area contributed by atoms with Gasteiger partial charge in [0.1, 0.15) is 0 Å². The van der Waals surface area contributed by atoms with E-state index in [9.17, 15) is 4.79 Å². The van der Waals surface area contributed by atoms with Crippen molar-refractivity contribution >= 4 is 18.3 Å². The van der Waals surface area contributed by atoms with Crippen LogP contribution in [0.4, 0.5) is 0 Å². The first-order valence-corrected chi connectivity index (χ1v) is 6.21. The first kappa shape index (κ1) is 13.4. The van der Waals surface area contributed by atoms with Crippen molar-refractivity contribution in [3.8, 4) is 0 Å². The Morgan fingerprint density at radius 2 is 2.33 bits per heavy atom. The second-order valence-corrected chi connectivity index (χ2v) is 5.24. The summed E-state index contributed by atoms with van der Waals surface area (Å²) in [7, 11) is 1.95. The summed E-state index contributed by atoms with van der Waals surface area (Å²) in [5.74, 6) is -0.000738. The average Bonchev–Trinajstić information content (AvgIpc) is 2.95. The maximum absolute atomic E-state index is 11.9. The SMILES string of the molecule is Cl.Cn1ncc2c1CCCC2NC(=O)C1(N)CC1. The highest BCUT2D eigenvalue weighted by Gasteiger charge is 2.46. The summed E-state index contributed by atoms with van der Waals surface area (Å²) in [6.45, 7) is 0. The topological polar surface area (TPSA) is 72.9 Å². The van der Waals surface area contributed by atoms with Gasteiger partial charge in [0.2, 0.25) is 5.91 Å². The standard InChI is InChI=1S/C12H18N4O.ClH/c1-16-10-4-2-3-9(8(10)7-14-16)15-11(17)12(13)5-6-12;/h7,9H,2-6,13H2,1H3,(H,15,17);1H. The third-order valence-electron chi connectivity index (χ3n) is 3.92. The van der Waals surface area contributed by atoms with Crippen molar-refractivity contribution in [3.05, 3.63) is 17.5 Å². The number of amides is 1. The molecule has 0 saturated heterocycles. The molecule has 0 spiro atoms. The Balaban J connectivity index is 0.00000120. The van der Waals surface area contributed by atoms with Gasteiger partial charge in [-0.1, -0.05) is 0 Å². The van der Waals surface area contributed by atoms with Crippen LogP contribution in [0.5, 0.6) is 0 Å². The van der Waals surface area contributed by atoms with E-state index in [1.54, 1.807) is 0 Å². The van der Waals surface area contributed by atoms with E-state index < -0.39 is 5.54 Å². The van der Waals surface area contributed by atoms with Gasteiger partial charge in [-0.2, -0.15) is 5.10 Å². The molecule has 0 radical (unpaired) electrons. The van der Waals surface area contributed by atoms with Crippen molar-refractivity contribution in [3.63, 3.8) is 0 Å². The minimum absolute atomic E-state index is 0. The van der Waals surface area contributed by atoms with Gasteiger partial charge in [0.15, 0.2) is 0 Å². The lowest BCUT2D eigenvalue weighted by molar-refractivity contribution is -0.124. The van der Waals surface area contributed by atoms with Crippen molar-refractivity contribution in [1.82, 2.24) is 15.1 Å². The van der Waals surface area contributed by atoms with Crippen LogP contribution in [0.1, 0.15) is 43.0 Å². The van der Waals surface area contributed by atoms with Crippen LogP contribution in [0.3, 0.4) is 0 Å². The van der Waals surface area contributed by atoms with Gasteiger partial charge in [0.05, 0.1) is 17.8 Å². The van der Waals surface area contributed by atoms with E-state index in [1.807, 2.05) is 17.9 Å². The smallest absolute Gasteiger partial charge is 0.240 e. The van der Waals surface area contributed by atoms with Crippen LogP contribution in [0.2, 0.25) is 0 Å². The normalized spacial score (nSPS) is 23.8. The van der Waals surface area contributed by atoms with Gasteiger partial charge in [-0.3, -0.25) is 9.48 Å². The second kappa shape index (κ2) is 4.55. The molecule has 2 aliphatic carbocycles. The Kier molecular flexibility index (Phi) is 3.38. The molecule has 0 aliphatic heterocycles. The minimum atomic E-state index is -0.584. The highest BCUT2D eigenvalue weighted by Crippen LogP contribution is 2.35. The Hall–Kier alpha value is -1.07. The number of nitrogens with two attached hydrogens (primary N) is 1. The molecule has 1 amide bonds. The molecule has 1 saturated carbocycles. The van der Waals surface area contributed by atoms with Crippen LogP contribution in [0.25, 0.3) is 0 Å². The molecule has 2 aliphatic rings. The van der Waals surface area contributed by atoms with Crippen LogP contribution < -0.4 is 11.1 Å². The van der Waals surface area contributed by atoms with E-state index in [-0.39, 0.29) is 24.4 Å². The fourth-order valence-electron chi connectivity index (χ4n) is 2.52. The van der Waals surface area contributed by atoms with Gasteiger partial charge in [0.25, 0.3) is 0 Å². The van der Waals surface area contributed by atoms with Crippen molar-refractivity contribution in [2.45, 2.75) is 43.7 Å². The second-order valence-electron chi connectivity index (χ2n) is 5.24. The number of rotatable bonds is 2. The number of hydrogen-bond donors (Lipinski definition) is 2. The van der Waals surface area contributed by atoms with Gasteiger partial charge in [-0.05, 0) is 32.1 Å². The molecule has 1 aromatic heterocycles. The zero-order chi connectivity index (χ0) is 12.0. The van der Waals surface area contributed by atoms with Gasteiger partial charge in [-0.25, -0.2) is 0 Å². The maximum Gasteiger partial charge on any atom is 0.240 e. The highest BCUT2D eigenvalue weighted by molar-refractivity contribution is 5.89. The number of aryl methyl sites for hydroxylation is 1. The lowest BCUT2D eigenvalue weighted by Crippen LogP contribution is -2.44. The number of fused-ring (bicyclic) bond motifs is 1. The Bertz CT molecular complexity index is 467. The Morgan fingerprint density at radius 1 is 1.61 bits per heavy atom. The van der Waals surface area contributed by atoms with Gasteiger partial charge < -0.3 is 11.1 Å². The van der Waals surface area contributed by atoms with Crippen LogP contribution in [-0.4, -0.2) is 21.2 Å². The number of nitrogens with zero attached hydrogens (tertiary/aromatic N) is 2. The van der Waals surface area contributed by atoms with Crippen molar-refractivity contribution in [2.75, 3.05) is 0 Å². The van der Waals surface area contributed by atoms with Gasteiger partial charge >= 0.3 is 0 Å². The number of nitrogens with one attached hydrogen (secondary N) is 1. The van der Waals surface area contributed by atoms with Gasteiger partial charge in [-0.15, -0.1) is 12.4 Å². The van der Waals surface area contributed by atoms with E-state index >= 15 is 0 Å². The molecular formula is C12H19ClN4O. The average molecular weight is 271 g/mol. The molecule has 1 aromatic rings. The molecule has 1 fully saturated rings. The van der Waals surface area contributed by atoms with Crippen molar-refractivity contribution in [1.29, 1.82) is 0 Å². The summed E-state index contributed by atoms with van der Waals surface area (Å²) in [6.07, 6.45) is 6.62. The third-order valence-corrected chi connectivity index (χ3v) is 3.92. The molecule has 1 atom stereocenters. The zero-order valence-electron chi connectivity index (χ0n) is 10.5. The predicted octanol–water partition coefficient (Wildman–Crippen LogP) is 0.827. The van der Waals surface area contributed by atoms with Crippen molar-refractivity contribution < 1.29 is 4.79 Å². The quantitative estimate of drug-likeness (QED) is 0.836. The van der Waals surface area contributed by atoms with Crippen LogP contribution in [-0.2, 0) is 18.3 Å². The number of carbonyl (C=O) groups is 1. The molecule has 3 N–H and O–H groups in total. The van der Waals surface area contributed by atoms with Gasteiger partial charge in [0, 0.05) is 18.3 Å². The van der Waals surface area contributed by atoms with E-state index in [2.05, 4.69) is 10.4 Å². The summed E-state index contributed by atoms with van der Waals surface area (Å²) in [4.78, 5) is 11.9. The number of hydrogen-bond acceptors (Lipinski definition) is 3. The van der Waals surface area contributed by atoms with Crippen LogP contribution >= 0.6 is 12.4 Å². The summed E-state index contributed by atoms with van der Waals surface area (Å²) in [6, 6.07) is 0.0981. The molecule has 6 heteroatoms. The third kappa shape index (κ3) is 2.12. The lowest BCUT2D eigenvalue weighted by Gasteiger charge is -2.25. The fourth-order valence-corrected chi connectivity index (χ4v) is 2.52. The first-order valence-electron chi connectivity index (χ1n) is 6.21. The molecule has 100 valence electrons. The monoisotopic (exact) mass is 270 g/mol. The van der Waals surface area contributed by atoms with E-state index in [4.69, 9.17) is 5.73 Å². The largest absolute Gasteiger partial charge is 0.348 e. The summed E-state index contributed by atoms with van der Waals surface area (Å²) < 4.78 is 1.91. The van der Waals surface area contributed by atoms with E-state index in [0.29, 0.717) is 0 Å². The summed E-state index contributed by atoms with van der Waals surface area (Å²) in [5, 5.41) is 7.34. The molecule has 1 unspecified atom stereocenters. The number of halogens is 1. The molecular weight excluding hydrogens is 252 g/mol. The zero-order valence-corrected chi connectivity index (χ0v) is 11.3. The Labute approximate surface area is 113 Å². The van der Waals surface area contributed by atoms with Crippen LogP contribution in [0.15, 0.2) is 6.20 Å². The molecule has 5 nitrogen and oxygen atoms in total. The minimum Gasteiger partial charge on any atom is -0.348 e.